The fourth-order valence-electron chi connectivity index (χ4n) is 2.77. The van der Waals surface area contributed by atoms with Crippen LogP contribution in [0, 0.1) is 5.82 Å². The monoisotopic (exact) mass is 341 g/mol. The highest BCUT2D eigenvalue weighted by atomic mass is 19.1. The third-order valence-electron chi connectivity index (χ3n) is 4.04. The van der Waals surface area contributed by atoms with E-state index in [0.29, 0.717) is 18.7 Å². The molecule has 1 amide bonds. The summed E-state index contributed by atoms with van der Waals surface area (Å²) in [4.78, 5) is 16.7. The summed E-state index contributed by atoms with van der Waals surface area (Å²) >= 11 is 0. The Morgan fingerprint density at radius 1 is 1.24 bits per heavy atom. The number of benzene rings is 1. The maximum absolute atomic E-state index is 13.6. The third kappa shape index (κ3) is 4.03. The van der Waals surface area contributed by atoms with E-state index in [2.05, 4.69) is 10.3 Å². The Morgan fingerprint density at radius 3 is 2.88 bits per heavy atom. The van der Waals surface area contributed by atoms with E-state index in [1.165, 1.54) is 6.07 Å². The molecule has 6 heteroatoms. The van der Waals surface area contributed by atoms with Crippen molar-refractivity contribution in [3.05, 3.63) is 65.7 Å². The average Bonchev–Trinajstić information content (AvgIpc) is 2.97. The molecule has 130 valence electrons. The van der Waals surface area contributed by atoms with Crippen molar-refractivity contribution in [3.63, 3.8) is 0 Å². The summed E-state index contributed by atoms with van der Waals surface area (Å²) in [5.41, 5.74) is 2.20. The summed E-state index contributed by atoms with van der Waals surface area (Å²) in [6.07, 6.45) is 3.88. The van der Waals surface area contributed by atoms with Crippen LogP contribution in [0.5, 0.6) is 0 Å². The number of halogens is 1. The van der Waals surface area contributed by atoms with Gasteiger partial charge in [0.05, 0.1) is 13.0 Å². The normalized spacial score (nSPS) is 11.0. The minimum absolute atomic E-state index is 0.155. The van der Waals surface area contributed by atoms with Crippen molar-refractivity contribution in [1.82, 2.24) is 14.9 Å². The van der Waals surface area contributed by atoms with Crippen molar-refractivity contribution < 1.29 is 13.9 Å². The number of nitrogens with one attached hydrogen (secondary N) is 1. The summed E-state index contributed by atoms with van der Waals surface area (Å²) < 4.78 is 20.7. The van der Waals surface area contributed by atoms with Crippen molar-refractivity contribution in [2.75, 3.05) is 13.7 Å². The first-order valence-corrected chi connectivity index (χ1v) is 8.11. The van der Waals surface area contributed by atoms with Crippen molar-refractivity contribution >= 4 is 16.9 Å². The van der Waals surface area contributed by atoms with Crippen LogP contribution < -0.4 is 5.32 Å². The summed E-state index contributed by atoms with van der Waals surface area (Å²) in [5, 5.41) is 3.72. The van der Waals surface area contributed by atoms with Crippen LogP contribution in [0.25, 0.3) is 11.0 Å². The van der Waals surface area contributed by atoms with Gasteiger partial charge >= 0.3 is 0 Å². The number of carbonyl (C=O) groups excluding carboxylic acids is 1. The molecule has 0 fully saturated rings. The van der Waals surface area contributed by atoms with E-state index in [1.54, 1.807) is 31.5 Å². The zero-order valence-corrected chi connectivity index (χ0v) is 14.0. The van der Waals surface area contributed by atoms with Crippen molar-refractivity contribution in [3.8, 4) is 0 Å². The number of ether oxygens (including phenoxy) is 1. The lowest BCUT2D eigenvalue weighted by Crippen LogP contribution is -2.24. The zero-order valence-electron chi connectivity index (χ0n) is 14.0. The van der Waals surface area contributed by atoms with E-state index in [1.807, 2.05) is 22.9 Å². The molecule has 0 atom stereocenters. The number of hydrogen-bond acceptors (Lipinski definition) is 3. The van der Waals surface area contributed by atoms with Gasteiger partial charge in [-0.1, -0.05) is 18.2 Å². The molecule has 5 nitrogen and oxygen atoms in total. The van der Waals surface area contributed by atoms with Gasteiger partial charge in [-0.25, -0.2) is 9.37 Å². The Balaban J connectivity index is 1.71. The molecule has 25 heavy (non-hydrogen) atoms. The average molecular weight is 341 g/mol. The molecular formula is C19H20FN3O2. The number of methoxy groups -OCH3 is 1. The molecule has 2 heterocycles. The Bertz CT molecular complexity index is 876. The molecule has 0 spiro atoms. The summed E-state index contributed by atoms with van der Waals surface area (Å²) in [6.45, 7) is 1.41. The fourth-order valence-corrected chi connectivity index (χ4v) is 2.77. The highest BCUT2D eigenvalue weighted by molar-refractivity contribution is 5.87. The van der Waals surface area contributed by atoms with Gasteiger partial charge in [-0.05, 0) is 23.8 Å². The Labute approximate surface area is 145 Å². The molecule has 2 aromatic heterocycles. The van der Waals surface area contributed by atoms with Gasteiger partial charge in [-0.2, -0.15) is 0 Å². The predicted octanol–water partition coefficient (Wildman–Crippen LogP) is 2.68. The number of nitrogens with zero attached hydrogens (tertiary/aromatic N) is 2. The first-order chi connectivity index (χ1) is 12.2. The van der Waals surface area contributed by atoms with Gasteiger partial charge in [0.25, 0.3) is 0 Å². The molecule has 3 rings (SSSR count). The first kappa shape index (κ1) is 17.1. The minimum Gasteiger partial charge on any atom is -0.383 e. The molecule has 0 bridgehead atoms. The number of carbonyl (C=O) groups is 1. The lowest BCUT2D eigenvalue weighted by Gasteiger charge is -2.06. The molecule has 0 radical (unpaired) electrons. The van der Waals surface area contributed by atoms with Gasteiger partial charge in [0.1, 0.15) is 11.5 Å². The fraction of sp³-hybridized carbons (Fsp3) is 0.263. The molecule has 0 saturated heterocycles. The topological polar surface area (TPSA) is 56.1 Å². The van der Waals surface area contributed by atoms with Crippen LogP contribution >= 0.6 is 0 Å². The molecule has 0 unspecified atom stereocenters. The van der Waals surface area contributed by atoms with E-state index in [9.17, 15) is 9.18 Å². The van der Waals surface area contributed by atoms with Gasteiger partial charge in [0.15, 0.2) is 0 Å². The predicted molar refractivity (Wildman–Crippen MR) is 93.6 cm³/mol. The van der Waals surface area contributed by atoms with Crippen LogP contribution in [0.15, 0.2) is 48.8 Å². The van der Waals surface area contributed by atoms with Gasteiger partial charge in [0.2, 0.25) is 5.91 Å². The van der Waals surface area contributed by atoms with Crippen LogP contribution in [0.3, 0.4) is 0 Å². The van der Waals surface area contributed by atoms with Crippen molar-refractivity contribution in [2.45, 2.75) is 19.5 Å². The van der Waals surface area contributed by atoms with E-state index >= 15 is 0 Å². The van der Waals surface area contributed by atoms with Gasteiger partial charge in [0, 0.05) is 43.5 Å². The van der Waals surface area contributed by atoms with E-state index in [4.69, 9.17) is 4.74 Å². The van der Waals surface area contributed by atoms with Crippen LogP contribution in [0.4, 0.5) is 4.39 Å². The number of pyridine rings is 1. The largest absolute Gasteiger partial charge is 0.383 e. The Hall–Kier alpha value is -2.73. The lowest BCUT2D eigenvalue weighted by atomic mass is 10.1. The number of hydrogen-bond donors (Lipinski definition) is 1. The van der Waals surface area contributed by atoms with Gasteiger partial charge < -0.3 is 14.6 Å². The highest BCUT2D eigenvalue weighted by Gasteiger charge is 2.13. The lowest BCUT2D eigenvalue weighted by molar-refractivity contribution is -0.120. The molecule has 0 saturated carbocycles. The van der Waals surface area contributed by atoms with Crippen molar-refractivity contribution in [1.29, 1.82) is 0 Å². The second-order valence-corrected chi connectivity index (χ2v) is 5.76. The van der Waals surface area contributed by atoms with E-state index in [-0.39, 0.29) is 24.7 Å². The summed E-state index contributed by atoms with van der Waals surface area (Å²) in [7, 11) is 1.65. The number of aromatic nitrogens is 2. The highest BCUT2D eigenvalue weighted by Crippen LogP contribution is 2.20. The third-order valence-corrected chi connectivity index (χ3v) is 4.04. The van der Waals surface area contributed by atoms with Crippen LogP contribution in [0.1, 0.15) is 11.1 Å². The van der Waals surface area contributed by atoms with Gasteiger partial charge in [-0.15, -0.1) is 0 Å². The quantitative estimate of drug-likeness (QED) is 0.719. The molecule has 1 aromatic carbocycles. The van der Waals surface area contributed by atoms with Crippen LogP contribution in [0.2, 0.25) is 0 Å². The Kier molecular flexibility index (Phi) is 5.40. The SMILES string of the molecule is COCCn1cc(CC(=O)NCc2ccccc2F)c2cccnc21. The zero-order chi connectivity index (χ0) is 17.6. The Morgan fingerprint density at radius 2 is 2.08 bits per heavy atom. The molecule has 0 aliphatic carbocycles. The smallest absolute Gasteiger partial charge is 0.224 e. The number of fused-ring (bicyclic) bond motifs is 1. The summed E-state index contributed by atoms with van der Waals surface area (Å²) in [5.74, 6) is -0.471. The molecule has 0 aliphatic rings. The summed E-state index contributed by atoms with van der Waals surface area (Å²) in [6, 6.07) is 10.2. The molecule has 0 aliphatic heterocycles. The van der Waals surface area contributed by atoms with Gasteiger partial charge in [-0.3, -0.25) is 4.79 Å². The van der Waals surface area contributed by atoms with E-state index < -0.39 is 0 Å². The number of rotatable bonds is 7. The minimum atomic E-state index is -0.317. The first-order valence-electron chi connectivity index (χ1n) is 8.11. The maximum atomic E-state index is 13.6. The number of amides is 1. The molecule has 3 aromatic rings. The van der Waals surface area contributed by atoms with Crippen LogP contribution in [-0.4, -0.2) is 29.2 Å². The van der Waals surface area contributed by atoms with E-state index in [0.717, 1.165) is 16.6 Å². The maximum Gasteiger partial charge on any atom is 0.224 e. The van der Waals surface area contributed by atoms with Crippen molar-refractivity contribution in [2.24, 2.45) is 0 Å². The molecule has 1 N–H and O–H groups in total. The second kappa shape index (κ2) is 7.90. The standard InChI is InChI=1S/C19H20FN3O2/c1-25-10-9-23-13-15(16-6-4-8-21-19(16)23)11-18(24)22-12-14-5-2-3-7-17(14)20/h2-8,13H,9-12H2,1H3,(H,22,24). The molecular weight excluding hydrogens is 321 g/mol. The van der Waals surface area contributed by atoms with Crippen LogP contribution in [-0.2, 0) is 29.0 Å². The second-order valence-electron chi connectivity index (χ2n) is 5.76.